The van der Waals surface area contributed by atoms with Crippen LogP contribution < -0.4 is 10.6 Å². The van der Waals surface area contributed by atoms with E-state index in [2.05, 4.69) is 10.6 Å². The molecule has 3 N–H and O–H groups in total. The Labute approximate surface area is 123 Å². The van der Waals surface area contributed by atoms with Crippen LogP contribution in [-0.4, -0.2) is 30.1 Å². The zero-order chi connectivity index (χ0) is 14.8. The monoisotopic (exact) mass is 298 g/mol. The molecule has 5 nitrogen and oxygen atoms in total. The maximum atomic E-state index is 11.5. The third-order valence-corrected chi connectivity index (χ3v) is 3.09. The number of aliphatic hydroxyl groups is 1. The van der Waals surface area contributed by atoms with Crippen molar-refractivity contribution in [1.82, 2.24) is 10.6 Å². The highest BCUT2D eigenvalue weighted by Gasteiger charge is 2.12. The Morgan fingerprint density at radius 2 is 1.75 bits per heavy atom. The van der Waals surface area contributed by atoms with Gasteiger partial charge in [-0.1, -0.05) is 29.8 Å². The predicted molar refractivity (Wildman–Crippen MR) is 77.2 cm³/mol. The van der Waals surface area contributed by atoms with Gasteiger partial charge < -0.3 is 15.7 Å². The van der Waals surface area contributed by atoms with E-state index in [0.29, 0.717) is 18.0 Å². The van der Waals surface area contributed by atoms with Crippen LogP contribution in [0, 0.1) is 0 Å². The third kappa shape index (κ3) is 6.04. The number of hydrogen-bond acceptors (Lipinski definition) is 3. The predicted octanol–water partition coefficient (Wildman–Crippen LogP) is 1.24. The number of aliphatic hydroxyl groups excluding tert-OH is 1. The Balaban J connectivity index is 2.25. The van der Waals surface area contributed by atoms with Crippen LogP contribution in [0.5, 0.6) is 0 Å². The van der Waals surface area contributed by atoms with Crippen LogP contribution in [-0.2, 0) is 16.1 Å². The number of benzene rings is 1. The standard InChI is InChI=1S/C14H19ClN2O3/c15-12-7-3-2-6-11(12)10-17-14(20)13(19)16-8-4-1-5-9-18/h2-3,6-7,18H,1,4-5,8-10H2,(H,16,19)(H,17,20). The van der Waals surface area contributed by atoms with Gasteiger partial charge in [-0.15, -0.1) is 0 Å². The lowest BCUT2D eigenvalue weighted by atomic mass is 10.2. The lowest BCUT2D eigenvalue weighted by Gasteiger charge is -2.07. The highest BCUT2D eigenvalue weighted by atomic mass is 35.5. The Kier molecular flexibility index (Phi) is 7.69. The molecule has 2 amide bonds. The fourth-order valence-electron chi connectivity index (χ4n) is 1.59. The Hall–Kier alpha value is -1.59. The maximum Gasteiger partial charge on any atom is 0.309 e. The molecule has 20 heavy (non-hydrogen) atoms. The van der Waals surface area contributed by atoms with E-state index in [1.165, 1.54) is 0 Å². The van der Waals surface area contributed by atoms with Gasteiger partial charge in [-0.2, -0.15) is 0 Å². The second-order valence-electron chi connectivity index (χ2n) is 4.31. The molecule has 0 aliphatic heterocycles. The summed E-state index contributed by atoms with van der Waals surface area (Å²) in [5, 5.41) is 14.2. The molecule has 1 aromatic carbocycles. The molecule has 0 unspecified atom stereocenters. The van der Waals surface area contributed by atoms with Gasteiger partial charge in [-0.25, -0.2) is 0 Å². The SMILES string of the molecule is O=C(NCCCCCO)C(=O)NCc1ccccc1Cl. The Morgan fingerprint density at radius 3 is 2.45 bits per heavy atom. The lowest BCUT2D eigenvalue weighted by molar-refractivity contribution is -0.139. The van der Waals surface area contributed by atoms with E-state index in [9.17, 15) is 9.59 Å². The van der Waals surface area contributed by atoms with Crippen molar-refractivity contribution in [1.29, 1.82) is 0 Å². The molecule has 0 aliphatic carbocycles. The first kappa shape index (κ1) is 16.5. The van der Waals surface area contributed by atoms with Gasteiger partial charge in [-0.3, -0.25) is 9.59 Å². The number of hydrogen-bond donors (Lipinski definition) is 3. The van der Waals surface area contributed by atoms with E-state index in [1.807, 2.05) is 6.07 Å². The van der Waals surface area contributed by atoms with Crippen molar-refractivity contribution in [3.05, 3.63) is 34.9 Å². The van der Waals surface area contributed by atoms with Crippen LogP contribution in [0.15, 0.2) is 24.3 Å². The lowest BCUT2D eigenvalue weighted by Crippen LogP contribution is -2.39. The number of halogens is 1. The second kappa shape index (κ2) is 9.34. The van der Waals surface area contributed by atoms with Crippen molar-refractivity contribution in [2.24, 2.45) is 0 Å². The fourth-order valence-corrected chi connectivity index (χ4v) is 1.80. The minimum absolute atomic E-state index is 0.145. The third-order valence-electron chi connectivity index (χ3n) is 2.72. The summed E-state index contributed by atoms with van der Waals surface area (Å²) in [5.41, 5.74) is 0.762. The number of nitrogens with one attached hydrogen (secondary N) is 2. The van der Waals surface area contributed by atoms with Crippen molar-refractivity contribution in [3.63, 3.8) is 0 Å². The van der Waals surface area contributed by atoms with E-state index in [-0.39, 0.29) is 13.2 Å². The summed E-state index contributed by atoms with van der Waals surface area (Å²) < 4.78 is 0. The normalized spacial score (nSPS) is 10.1. The molecule has 0 saturated carbocycles. The van der Waals surface area contributed by atoms with E-state index in [1.54, 1.807) is 18.2 Å². The summed E-state index contributed by atoms with van der Waals surface area (Å²) in [7, 11) is 0. The smallest absolute Gasteiger partial charge is 0.309 e. The first-order chi connectivity index (χ1) is 9.65. The minimum atomic E-state index is -0.674. The van der Waals surface area contributed by atoms with Crippen LogP contribution in [0.4, 0.5) is 0 Å². The van der Waals surface area contributed by atoms with Gasteiger partial charge in [0.05, 0.1) is 0 Å². The molecular formula is C14H19ClN2O3. The fraction of sp³-hybridized carbons (Fsp3) is 0.429. The minimum Gasteiger partial charge on any atom is -0.396 e. The summed E-state index contributed by atoms with van der Waals surface area (Å²) in [6, 6.07) is 7.13. The molecular weight excluding hydrogens is 280 g/mol. The number of rotatable bonds is 7. The average molecular weight is 299 g/mol. The highest BCUT2D eigenvalue weighted by molar-refractivity contribution is 6.35. The summed E-state index contributed by atoms with van der Waals surface area (Å²) in [4.78, 5) is 23.0. The van der Waals surface area contributed by atoms with Gasteiger partial charge in [0.2, 0.25) is 0 Å². The summed E-state index contributed by atoms with van der Waals surface area (Å²) >= 11 is 5.95. The summed E-state index contributed by atoms with van der Waals surface area (Å²) in [6.45, 7) is 0.793. The van der Waals surface area contributed by atoms with E-state index in [0.717, 1.165) is 18.4 Å². The quantitative estimate of drug-likeness (QED) is 0.523. The number of carbonyl (C=O) groups is 2. The highest BCUT2D eigenvalue weighted by Crippen LogP contribution is 2.14. The molecule has 0 spiro atoms. The molecule has 110 valence electrons. The van der Waals surface area contributed by atoms with Crippen molar-refractivity contribution >= 4 is 23.4 Å². The van der Waals surface area contributed by atoms with Gasteiger partial charge in [0.15, 0.2) is 0 Å². The largest absolute Gasteiger partial charge is 0.396 e. The van der Waals surface area contributed by atoms with Crippen LogP contribution >= 0.6 is 11.6 Å². The average Bonchev–Trinajstić information content (AvgIpc) is 2.45. The second-order valence-corrected chi connectivity index (χ2v) is 4.72. The maximum absolute atomic E-state index is 11.5. The molecule has 0 aliphatic rings. The Bertz CT molecular complexity index is 452. The van der Waals surface area contributed by atoms with Gasteiger partial charge >= 0.3 is 11.8 Å². The molecule has 6 heteroatoms. The first-order valence-corrected chi connectivity index (χ1v) is 6.93. The van der Waals surface area contributed by atoms with Crippen LogP contribution in [0.3, 0.4) is 0 Å². The zero-order valence-electron chi connectivity index (χ0n) is 11.2. The van der Waals surface area contributed by atoms with E-state index >= 15 is 0 Å². The molecule has 0 atom stereocenters. The number of amides is 2. The molecule has 0 saturated heterocycles. The Morgan fingerprint density at radius 1 is 1.05 bits per heavy atom. The molecule has 1 aromatic rings. The summed E-state index contributed by atoms with van der Waals surface area (Å²) in [5.74, 6) is -1.33. The summed E-state index contributed by atoms with van der Waals surface area (Å²) in [6.07, 6.45) is 2.26. The molecule has 0 heterocycles. The van der Waals surface area contributed by atoms with Crippen molar-refractivity contribution in [3.8, 4) is 0 Å². The molecule has 0 aromatic heterocycles. The number of carbonyl (C=O) groups excluding carboxylic acids is 2. The molecule has 0 radical (unpaired) electrons. The number of unbranched alkanes of at least 4 members (excludes halogenated alkanes) is 2. The van der Waals surface area contributed by atoms with Gasteiger partial charge in [0.25, 0.3) is 0 Å². The van der Waals surface area contributed by atoms with Gasteiger partial charge in [-0.05, 0) is 30.9 Å². The first-order valence-electron chi connectivity index (χ1n) is 6.55. The van der Waals surface area contributed by atoms with E-state index in [4.69, 9.17) is 16.7 Å². The van der Waals surface area contributed by atoms with Gasteiger partial charge in [0.1, 0.15) is 0 Å². The molecule has 1 rings (SSSR count). The molecule has 0 bridgehead atoms. The molecule has 0 fully saturated rings. The van der Waals surface area contributed by atoms with Crippen molar-refractivity contribution < 1.29 is 14.7 Å². The van der Waals surface area contributed by atoms with Crippen molar-refractivity contribution in [2.75, 3.05) is 13.2 Å². The van der Waals surface area contributed by atoms with Gasteiger partial charge in [0, 0.05) is 24.7 Å². The van der Waals surface area contributed by atoms with Crippen LogP contribution in [0.2, 0.25) is 5.02 Å². The van der Waals surface area contributed by atoms with E-state index < -0.39 is 11.8 Å². The zero-order valence-corrected chi connectivity index (χ0v) is 11.9. The van der Waals surface area contributed by atoms with Crippen LogP contribution in [0.25, 0.3) is 0 Å². The van der Waals surface area contributed by atoms with Crippen molar-refractivity contribution in [2.45, 2.75) is 25.8 Å². The van der Waals surface area contributed by atoms with Crippen LogP contribution in [0.1, 0.15) is 24.8 Å². The topological polar surface area (TPSA) is 78.4 Å².